The number of anilines is 1. The highest BCUT2D eigenvalue weighted by Gasteiger charge is 2.24. The smallest absolute Gasteiger partial charge is 0.224 e. The number of carbonyl (C=O) groups excluding carboxylic acids is 1. The van der Waals surface area contributed by atoms with Crippen molar-refractivity contribution >= 4 is 23.2 Å². The van der Waals surface area contributed by atoms with Gasteiger partial charge in [-0.1, -0.05) is 24.4 Å². The third-order valence-corrected chi connectivity index (χ3v) is 4.46. The lowest BCUT2D eigenvalue weighted by Crippen LogP contribution is -2.35. The molecule has 1 fully saturated rings. The molecular weight excluding hydrogens is 304 g/mol. The van der Waals surface area contributed by atoms with Gasteiger partial charge in [-0.15, -0.1) is 0 Å². The molecular formula is C16H23ClN2O3. The summed E-state index contributed by atoms with van der Waals surface area (Å²) >= 11 is 6.06. The molecule has 1 saturated carbocycles. The van der Waals surface area contributed by atoms with Crippen molar-refractivity contribution in [2.24, 2.45) is 11.7 Å². The topological polar surface area (TPSA) is 73.6 Å². The fourth-order valence-electron chi connectivity index (χ4n) is 2.89. The minimum absolute atomic E-state index is 0.0648. The van der Waals surface area contributed by atoms with Crippen molar-refractivity contribution in [3.63, 3.8) is 0 Å². The lowest BCUT2D eigenvalue weighted by Gasteiger charge is -2.28. The van der Waals surface area contributed by atoms with Crippen LogP contribution < -0.4 is 20.5 Å². The number of ether oxygens (including phenoxy) is 2. The second-order valence-electron chi connectivity index (χ2n) is 5.65. The van der Waals surface area contributed by atoms with Crippen LogP contribution in [0, 0.1) is 5.92 Å². The van der Waals surface area contributed by atoms with Crippen LogP contribution in [0.4, 0.5) is 5.69 Å². The van der Waals surface area contributed by atoms with Crippen LogP contribution in [0.5, 0.6) is 11.5 Å². The Morgan fingerprint density at radius 1 is 1.27 bits per heavy atom. The summed E-state index contributed by atoms with van der Waals surface area (Å²) in [6, 6.07) is 3.41. The van der Waals surface area contributed by atoms with Crippen LogP contribution >= 0.6 is 11.6 Å². The quantitative estimate of drug-likeness (QED) is 0.871. The number of methoxy groups -OCH3 is 2. The van der Waals surface area contributed by atoms with E-state index in [1.165, 1.54) is 14.2 Å². The van der Waals surface area contributed by atoms with Crippen LogP contribution in [0.1, 0.15) is 32.1 Å². The molecule has 1 aromatic rings. The molecule has 0 radical (unpaired) electrons. The van der Waals surface area contributed by atoms with Crippen LogP contribution in [0.2, 0.25) is 5.02 Å². The zero-order valence-corrected chi connectivity index (χ0v) is 13.8. The van der Waals surface area contributed by atoms with Crippen LogP contribution in [-0.4, -0.2) is 26.2 Å². The van der Waals surface area contributed by atoms with Gasteiger partial charge in [0.15, 0.2) is 0 Å². The highest BCUT2D eigenvalue weighted by Crippen LogP contribution is 2.36. The molecule has 1 aliphatic carbocycles. The Kier molecular flexibility index (Phi) is 5.91. The Hall–Kier alpha value is -1.46. The van der Waals surface area contributed by atoms with Crippen LogP contribution in [-0.2, 0) is 4.79 Å². The number of benzene rings is 1. The highest BCUT2D eigenvalue weighted by molar-refractivity contribution is 6.32. The van der Waals surface area contributed by atoms with Gasteiger partial charge in [0.25, 0.3) is 0 Å². The van der Waals surface area contributed by atoms with E-state index in [2.05, 4.69) is 5.32 Å². The van der Waals surface area contributed by atoms with Crippen LogP contribution in [0.25, 0.3) is 0 Å². The van der Waals surface area contributed by atoms with Crippen molar-refractivity contribution in [2.45, 2.75) is 38.1 Å². The van der Waals surface area contributed by atoms with Crippen molar-refractivity contribution in [2.75, 3.05) is 19.5 Å². The van der Waals surface area contributed by atoms with Gasteiger partial charge in [0, 0.05) is 24.6 Å². The number of nitrogens with one attached hydrogen (secondary N) is 1. The molecule has 2 atom stereocenters. The second kappa shape index (κ2) is 7.70. The number of amides is 1. The first-order chi connectivity index (χ1) is 10.5. The number of rotatable bonds is 5. The maximum Gasteiger partial charge on any atom is 0.224 e. The van der Waals surface area contributed by atoms with Gasteiger partial charge in [-0.05, 0) is 18.8 Å². The van der Waals surface area contributed by atoms with Crippen LogP contribution in [0.3, 0.4) is 0 Å². The van der Waals surface area contributed by atoms with Gasteiger partial charge in [0.2, 0.25) is 5.91 Å². The molecule has 2 rings (SSSR count). The molecule has 0 saturated heterocycles. The molecule has 0 aromatic heterocycles. The zero-order valence-electron chi connectivity index (χ0n) is 13.0. The molecule has 1 aliphatic rings. The van der Waals surface area contributed by atoms with E-state index in [1.807, 2.05) is 0 Å². The Morgan fingerprint density at radius 2 is 1.95 bits per heavy atom. The molecule has 0 spiro atoms. The summed E-state index contributed by atoms with van der Waals surface area (Å²) in [5.74, 6) is 1.18. The van der Waals surface area contributed by atoms with Gasteiger partial charge in [0.1, 0.15) is 11.5 Å². The van der Waals surface area contributed by atoms with Gasteiger partial charge in [-0.25, -0.2) is 0 Å². The summed E-state index contributed by atoms with van der Waals surface area (Å²) < 4.78 is 10.4. The second-order valence-corrected chi connectivity index (χ2v) is 6.05. The minimum atomic E-state index is -0.0648. The average Bonchev–Trinajstić information content (AvgIpc) is 2.50. The third-order valence-electron chi connectivity index (χ3n) is 4.16. The van der Waals surface area contributed by atoms with E-state index in [1.54, 1.807) is 12.1 Å². The lowest BCUT2D eigenvalue weighted by atomic mass is 9.83. The lowest BCUT2D eigenvalue weighted by molar-refractivity contribution is -0.117. The number of hydrogen-bond donors (Lipinski definition) is 2. The average molecular weight is 327 g/mol. The van der Waals surface area contributed by atoms with Gasteiger partial charge in [-0.2, -0.15) is 0 Å². The van der Waals surface area contributed by atoms with E-state index < -0.39 is 0 Å². The molecule has 0 heterocycles. The summed E-state index contributed by atoms with van der Waals surface area (Å²) in [5.41, 5.74) is 6.65. The molecule has 0 bridgehead atoms. The van der Waals surface area contributed by atoms with Gasteiger partial charge >= 0.3 is 0 Å². The summed E-state index contributed by atoms with van der Waals surface area (Å²) in [4.78, 5) is 12.3. The predicted molar refractivity (Wildman–Crippen MR) is 87.7 cm³/mol. The Bertz CT molecular complexity index is 536. The van der Waals surface area contributed by atoms with E-state index in [0.29, 0.717) is 28.6 Å². The molecule has 2 unspecified atom stereocenters. The van der Waals surface area contributed by atoms with Gasteiger partial charge < -0.3 is 20.5 Å². The largest absolute Gasteiger partial charge is 0.495 e. The standard InChI is InChI=1S/C16H23ClN2O3/c1-21-14-9-13(15(22-2)8-11(14)17)19-16(20)7-10-5-3-4-6-12(10)18/h8-10,12H,3-7,18H2,1-2H3,(H,19,20). The molecule has 22 heavy (non-hydrogen) atoms. The Morgan fingerprint density at radius 3 is 2.59 bits per heavy atom. The zero-order chi connectivity index (χ0) is 16.1. The number of hydrogen-bond acceptors (Lipinski definition) is 4. The van der Waals surface area contributed by atoms with Crippen molar-refractivity contribution in [3.8, 4) is 11.5 Å². The molecule has 5 nitrogen and oxygen atoms in total. The molecule has 122 valence electrons. The Balaban J connectivity index is 2.07. The fraction of sp³-hybridized carbons (Fsp3) is 0.562. The van der Waals surface area contributed by atoms with Crippen LogP contribution in [0.15, 0.2) is 12.1 Å². The molecule has 6 heteroatoms. The van der Waals surface area contributed by atoms with E-state index in [0.717, 1.165) is 25.7 Å². The van der Waals surface area contributed by atoms with Crippen molar-refractivity contribution in [1.82, 2.24) is 0 Å². The number of halogens is 1. The summed E-state index contributed by atoms with van der Waals surface area (Å²) in [6.07, 6.45) is 4.73. The van der Waals surface area contributed by atoms with Gasteiger partial charge in [-0.3, -0.25) is 4.79 Å². The summed E-state index contributed by atoms with van der Waals surface area (Å²) in [7, 11) is 3.06. The fourth-order valence-corrected chi connectivity index (χ4v) is 3.12. The minimum Gasteiger partial charge on any atom is -0.495 e. The van der Waals surface area contributed by atoms with Gasteiger partial charge in [0.05, 0.1) is 24.9 Å². The van der Waals surface area contributed by atoms with Crippen molar-refractivity contribution < 1.29 is 14.3 Å². The van der Waals surface area contributed by atoms with E-state index >= 15 is 0 Å². The first kappa shape index (κ1) is 16.9. The van der Waals surface area contributed by atoms with E-state index in [9.17, 15) is 4.79 Å². The molecule has 3 N–H and O–H groups in total. The number of nitrogens with two attached hydrogens (primary N) is 1. The highest BCUT2D eigenvalue weighted by atomic mass is 35.5. The predicted octanol–water partition coefficient (Wildman–Crippen LogP) is 3.20. The first-order valence-corrected chi connectivity index (χ1v) is 7.90. The van der Waals surface area contributed by atoms with Crippen molar-refractivity contribution in [3.05, 3.63) is 17.2 Å². The maximum atomic E-state index is 12.3. The Labute approximate surface area is 136 Å². The summed E-state index contributed by atoms with van der Waals surface area (Å²) in [6.45, 7) is 0. The molecule has 1 aromatic carbocycles. The van der Waals surface area contributed by atoms with Crippen molar-refractivity contribution in [1.29, 1.82) is 0 Å². The third kappa shape index (κ3) is 4.05. The van der Waals surface area contributed by atoms with E-state index in [4.69, 9.17) is 26.8 Å². The first-order valence-electron chi connectivity index (χ1n) is 7.52. The molecule has 1 amide bonds. The maximum absolute atomic E-state index is 12.3. The molecule has 0 aliphatic heterocycles. The number of carbonyl (C=O) groups is 1. The normalized spacial score (nSPS) is 21.3. The summed E-state index contributed by atoms with van der Waals surface area (Å²) in [5, 5.41) is 3.31. The van der Waals surface area contributed by atoms with E-state index in [-0.39, 0.29) is 17.9 Å². The SMILES string of the molecule is COc1cc(NC(=O)CC2CCCCC2N)c(OC)cc1Cl. The monoisotopic (exact) mass is 326 g/mol.